The van der Waals surface area contributed by atoms with Crippen molar-refractivity contribution in [2.75, 3.05) is 0 Å². The van der Waals surface area contributed by atoms with E-state index in [9.17, 15) is 0 Å². The van der Waals surface area contributed by atoms with Gasteiger partial charge in [-0.1, -0.05) is 0 Å². The second-order valence-corrected chi connectivity index (χ2v) is 5.56. The first-order valence-electron chi connectivity index (χ1n) is 4.62. The van der Waals surface area contributed by atoms with Crippen LogP contribution in [0, 0.1) is 13.8 Å². The van der Waals surface area contributed by atoms with E-state index in [1.54, 1.807) is 31.7 Å². The minimum absolute atomic E-state index is 1.20. The van der Waals surface area contributed by atoms with Crippen molar-refractivity contribution in [1.82, 2.24) is 0 Å². The summed E-state index contributed by atoms with van der Waals surface area (Å²) in [5, 5.41) is 0. The Morgan fingerprint density at radius 2 is 1.69 bits per heavy atom. The summed E-state index contributed by atoms with van der Waals surface area (Å²) in [5.74, 6) is 0. The van der Waals surface area contributed by atoms with Crippen LogP contribution in [0.25, 0.3) is 5.57 Å². The standard InChI is InChI=1S/C12H13.Sn/c1-8-4-5-9(2)12-10(3)6-7-11(8)12;/h4-5H,7H2,1-3H3;. The van der Waals surface area contributed by atoms with Gasteiger partial charge < -0.3 is 0 Å². The normalized spacial score (nSPS) is 15.1. The van der Waals surface area contributed by atoms with Gasteiger partial charge >= 0.3 is 93.3 Å². The number of fused-ring (bicyclic) bond motifs is 1. The third-order valence-electron chi connectivity index (χ3n) is 2.94. The fourth-order valence-corrected chi connectivity index (χ4v) is 2.94. The fourth-order valence-electron chi connectivity index (χ4n) is 2.08. The van der Waals surface area contributed by atoms with Gasteiger partial charge in [0.25, 0.3) is 0 Å². The van der Waals surface area contributed by atoms with Crippen molar-refractivity contribution in [3.8, 4) is 0 Å². The molecule has 1 aromatic rings. The Kier molecular flexibility index (Phi) is 2.26. The van der Waals surface area contributed by atoms with E-state index in [4.69, 9.17) is 0 Å². The molecular formula is C12H13Sn. The summed E-state index contributed by atoms with van der Waals surface area (Å²) in [6.07, 6.45) is 1.20. The van der Waals surface area contributed by atoms with Crippen molar-refractivity contribution in [2.24, 2.45) is 0 Å². The first-order valence-corrected chi connectivity index (χ1v) is 6.04. The molecule has 0 heterocycles. The molecule has 1 aliphatic carbocycles. The van der Waals surface area contributed by atoms with E-state index in [-0.39, 0.29) is 0 Å². The fraction of sp³-hybridized carbons (Fsp3) is 0.333. The van der Waals surface area contributed by atoms with E-state index in [2.05, 4.69) is 32.9 Å². The molecule has 0 N–H and O–H groups in total. The van der Waals surface area contributed by atoms with Crippen molar-refractivity contribution in [3.63, 3.8) is 0 Å². The van der Waals surface area contributed by atoms with Gasteiger partial charge in [-0.15, -0.1) is 0 Å². The molecule has 65 valence electrons. The first-order chi connectivity index (χ1) is 6.11. The number of allylic oxidation sites excluding steroid dienone is 2. The van der Waals surface area contributed by atoms with Crippen LogP contribution in [0.3, 0.4) is 0 Å². The number of hydrogen-bond acceptors (Lipinski definition) is 0. The van der Waals surface area contributed by atoms with Crippen LogP contribution in [0.5, 0.6) is 0 Å². The third kappa shape index (κ3) is 1.35. The zero-order chi connectivity index (χ0) is 9.59. The second kappa shape index (κ2) is 3.16. The van der Waals surface area contributed by atoms with Crippen molar-refractivity contribution in [3.05, 3.63) is 38.0 Å². The molecule has 0 fully saturated rings. The molecular weight excluding hydrogens is 263 g/mol. The molecule has 0 amide bonds. The van der Waals surface area contributed by atoms with Crippen molar-refractivity contribution in [1.29, 1.82) is 0 Å². The molecule has 1 aliphatic rings. The van der Waals surface area contributed by atoms with E-state index in [1.807, 2.05) is 0 Å². The monoisotopic (exact) mass is 277 g/mol. The van der Waals surface area contributed by atoms with Gasteiger partial charge in [0.15, 0.2) is 0 Å². The number of hydrogen-bond donors (Lipinski definition) is 0. The van der Waals surface area contributed by atoms with Crippen LogP contribution in [-0.4, -0.2) is 22.5 Å². The second-order valence-electron chi connectivity index (χ2n) is 3.83. The molecule has 0 aromatic heterocycles. The molecule has 0 saturated carbocycles. The molecule has 2 rings (SSSR count). The van der Waals surface area contributed by atoms with E-state index in [0.717, 1.165) is 0 Å². The van der Waals surface area contributed by atoms with E-state index >= 15 is 0 Å². The van der Waals surface area contributed by atoms with Crippen molar-refractivity contribution in [2.45, 2.75) is 27.2 Å². The Labute approximate surface area is 93.1 Å². The average Bonchev–Trinajstić information content (AvgIpc) is 2.38. The topological polar surface area (TPSA) is 0 Å². The zero-order valence-electron chi connectivity index (χ0n) is 8.36. The summed E-state index contributed by atoms with van der Waals surface area (Å²) in [6, 6.07) is 4.49. The quantitative estimate of drug-likeness (QED) is 0.639. The summed E-state index contributed by atoms with van der Waals surface area (Å²) in [6.45, 7) is 6.71. The number of rotatable bonds is 0. The Hall–Kier alpha value is -0.241. The molecule has 0 unspecified atom stereocenters. The van der Waals surface area contributed by atoms with Crippen LogP contribution >= 0.6 is 0 Å². The molecule has 1 heteroatoms. The first kappa shape index (κ1) is 9.32. The van der Waals surface area contributed by atoms with Crippen LogP contribution in [0.4, 0.5) is 0 Å². The summed E-state index contributed by atoms with van der Waals surface area (Å²) >= 11 is 1.58. The molecule has 0 spiro atoms. The van der Waals surface area contributed by atoms with Gasteiger partial charge in [-0.05, 0) is 0 Å². The Morgan fingerprint density at radius 3 is 2.31 bits per heavy atom. The molecule has 0 bridgehead atoms. The van der Waals surface area contributed by atoms with Crippen LogP contribution in [-0.2, 0) is 6.42 Å². The Balaban J connectivity index is 2.72. The minimum atomic E-state index is 1.20. The van der Waals surface area contributed by atoms with E-state index < -0.39 is 0 Å². The molecule has 0 nitrogen and oxygen atoms in total. The van der Waals surface area contributed by atoms with Crippen LogP contribution in [0.2, 0.25) is 0 Å². The molecule has 0 atom stereocenters. The third-order valence-corrected chi connectivity index (χ3v) is 4.51. The van der Waals surface area contributed by atoms with E-state index in [1.165, 1.54) is 28.7 Å². The predicted molar refractivity (Wildman–Crippen MR) is 58.0 cm³/mol. The van der Waals surface area contributed by atoms with E-state index in [0.29, 0.717) is 0 Å². The van der Waals surface area contributed by atoms with Gasteiger partial charge in [0, 0.05) is 0 Å². The number of aryl methyl sites for hydroxylation is 2. The van der Waals surface area contributed by atoms with Crippen LogP contribution in [0.15, 0.2) is 15.7 Å². The summed E-state index contributed by atoms with van der Waals surface area (Å²) in [7, 11) is 0. The van der Waals surface area contributed by atoms with Gasteiger partial charge in [-0.2, -0.15) is 0 Å². The summed E-state index contributed by atoms with van der Waals surface area (Å²) < 4.78 is 1.62. The van der Waals surface area contributed by atoms with Crippen molar-refractivity contribution < 1.29 is 0 Å². The molecule has 0 saturated heterocycles. The zero-order valence-corrected chi connectivity index (χ0v) is 11.2. The summed E-state index contributed by atoms with van der Waals surface area (Å²) in [4.78, 5) is 0. The van der Waals surface area contributed by atoms with Gasteiger partial charge in [0.1, 0.15) is 0 Å². The Bertz CT molecular complexity index is 400. The molecule has 13 heavy (non-hydrogen) atoms. The van der Waals surface area contributed by atoms with Gasteiger partial charge in [0.05, 0.1) is 0 Å². The van der Waals surface area contributed by atoms with Gasteiger partial charge in [-0.3, -0.25) is 0 Å². The average molecular weight is 276 g/mol. The maximum absolute atomic E-state index is 2.27. The Morgan fingerprint density at radius 1 is 1.08 bits per heavy atom. The SMILES string of the molecule is CC1=[C]([Sn])Cc2c(C)ccc(C)c21. The molecule has 0 aliphatic heterocycles. The maximum atomic E-state index is 2.27. The number of benzene rings is 1. The molecule has 1 aromatic carbocycles. The van der Waals surface area contributed by atoms with Crippen molar-refractivity contribution >= 4 is 28.1 Å². The van der Waals surface area contributed by atoms with Crippen LogP contribution in [0.1, 0.15) is 29.2 Å². The molecule has 3 radical (unpaired) electrons. The van der Waals surface area contributed by atoms with Crippen LogP contribution < -0.4 is 0 Å². The predicted octanol–water partition coefficient (Wildman–Crippen LogP) is 2.76. The van der Waals surface area contributed by atoms with Gasteiger partial charge in [-0.25, -0.2) is 0 Å². The van der Waals surface area contributed by atoms with Gasteiger partial charge in [0.2, 0.25) is 0 Å². The summed E-state index contributed by atoms with van der Waals surface area (Å²) in [5.41, 5.74) is 7.54.